The number of fused-ring (bicyclic) bond motifs is 3. The zero-order chi connectivity index (χ0) is 24.1. The van der Waals surface area contributed by atoms with Crippen molar-refractivity contribution in [3.8, 4) is 17.2 Å². The quantitative estimate of drug-likeness (QED) is 0.322. The van der Waals surface area contributed by atoms with E-state index in [4.69, 9.17) is 25.8 Å². The fraction of sp³-hybridized carbons (Fsp3) is 0.154. The van der Waals surface area contributed by atoms with E-state index in [1.54, 1.807) is 20.5 Å². The van der Waals surface area contributed by atoms with Gasteiger partial charge in [-0.2, -0.15) is 10.1 Å². The zero-order valence-electron chi connectivity index (χ0n) is 18.8. The van der Waals surface area contributed by atoms with Gasteiger partial charge in [0.05, 0.1) is 24.4 Å². The van der Waals surface area contributed by atoms with Crippen LogP contribution in [0.5, 0.6) is 17.2 Å². The molecule has 0 saturated carbocycles. The highest BCUT2D eigenvalue weighted by atomic mass is 79.9. The predicted molar refractivity (Wildman–Crippen MR) is 137 cm³/mol. The molecule has 0 amide bonds. The van der Waals surface area contributed by atoms with Crippen LogP contribution in [0.25, 0.3) is 5.70 Å². The number of methoxy groups -OCH3 is 2. The molecule has 0 spiro atoms. The number of hydrogen-bond donors (Lipinski definition) is 1. The normalized spacial score (nSPS) is 18.1. The third-order valence-electron chi connectivity index (χ3n) is 6.29. The van der Waals surface area contributed by atoms with Crippen LogP contribution in [0.2, 0.25) is 5.02 Å². The Balaban J connectivity index is 1.60. The number of ether oxygens (including phenoxy) is 3. The minimum Gasteiger partial charge on any atom is -0.497 e. The number of hydrogen-bond acceptors (Lipinski definition) is 6. The summed E-state index contributed by atoms with van der Waals surface area (Å²) in [6.45, 7) is 0. The van der Waals surface area contributed by atoms with Gasteiger partial charge in [-0.25, -0.2) is 4.68 Å². The van der Waals surface area contributed by atoms with Crippen LogP contribution in [0.1, 0.15) is 28.8 Å². The molecule has 2 aliphatic rings. The Hall–Kier alpha value is -3.49. The van der Waals surface area contributed by atoms with Crippen molar-refractivity contribution in [1.82, 2.24) is 14.8 Å². The fourth-order valence-electron chi connectivity index (χ4n) is 4.67. The van der Waals surface area contributed by atoms with Gasteiger partial charge in [0.1, 0.15) is 35.7 Å². The van der Waals surface area contributed by atoms with Crippen LogP contribution in [0.4, 0.5) is 5.95 Å². The second-order valence-electron chi connectivity index (χ2n) is 8.19. The van der Waals surface area contributed by atoms with E-state index >= 15 is 0 Å². The summed E-state index contributed by atoms with van der Waals surface area (Å²) < 4.78 is 20.2. The van der Waals surface area contributed by atoms with Gasteiger partial charge in [-0.1, -0.05) is 29.8 Å². The maximum Gasteiger partial charge on any atom is 0.226 e. The minimum absolute atomic E-state index is 0.287. The van der Waals surface area contributed by atoms with Crippen LogP contribution < -0.4 is 19.5 Å². The van der Waals surface area contributed by atoms with E-state index in [0.29, 0.717) is 11.0 Å². The Kier molecular flexibility index (Phi) is 5.42. The number of benzene rings is 3. The van der Waals surface area contributed by atoms with Gasteiger partial charge in [-0.05, 0) is 69.5 Å². The highest BCUT2D eigenvalue weighted by molar-refractivity contribution is 9.10. The molecular weight excluding hydrogens is 532 g/mol. The summed E-state index contributed by atoms with van der Waals surface area (Å²) in [6.07, 6.45) is 1.16. The Labute approximate surface area is 215 Å². The number of halogens is 2. The molecule has 0 bridgehead atoms. The van der Waals surface area contributed by atoms with E-state index in [2.05, 4.69) is 31.3 Å². The van der Waals surface area contributed by atoms with Gasteiger partial charge in [-0.3, -0.25) is 0 Å². The van der Waals surface area contributed by atoms with Crippen LogP contribution in [0.15, 0.2) is 77.0 Å². The van der Waals surface area contributed by atoms with Crippen LogP contribution in [-0.2, 0) is 0 Å². The van der Waals surface area contributed by atoms with E-state index in [1.807, 2.05) is 65.3 Å². The summed E-state index contributed by atoms with van der Waals surface area (Å²) in [5.41, 5.74) is 4.78. The van der Waals surface area contributed by atoms with Gasteiger partial charge in [-0.15, -0.1) is 0 Å². The smallest absolute Gasteiger partial charge is 0.226 e. The molecular formula is C26H20BrClN4O3. The van der Waals surface area contributed by atoms with E-state index in [0.717, 1.165) is 49.7 Å². The number of rotatable bonds is 4. The molecule has 9 heteroatoms. The summed E-state index contributed by atoms with van der Waals surface area (Å²) in [4.78, 5) is 4.48. The van der Waals surface area contributed by atoms with E-state index in [1.165, 1.54) is 0 Å². The number of nitrogens with zero attached hydrogens (tertiary/aromatic N) is 3. The summed E-state index contributed by atoms with van der Waals surface area (Å²) in [5, 5.41) is 8.68. The summed E-state index contributed by atoms with van der Waals surface area (Å²) in [7, 11) is 3.30. The molecule has 3 aromatic carbocycles. The summed E-state index contributed by atoms with van der Waals surface area (Å²) >= 11 is 10.0. The fourth-order valence-corrected chi connectivity index (χ4v) is 5.40. The van der Waals surface area contributed by atoms with Gasteiger partial charge in [0.25, 0.3) is 0 Å². The third-order valence-corrected chi connectivity index (χ3v) is 7.14. The lowest BCUT2D eigenvalue weighted by Crippen LogP contribution is -2.32. The van der Waals surface area contributed by atoms with E-state index in [9.17, 15) is 0 Å². The van der Waals surface area contributed by atoms with Crippen LogP contribution >= 0.6 is 27.5 Å². The Morgan fingerprint density at radius 1 is 1.00 bits per heavy atom. The first kappa shape index (κ1) is 22.0. The average molecular weight is 552 g/mol. The summed E-state index contributed by atoms with van der Waals surface area (Å²) in [6, 6.07) is 19.3. The van der Waals surface area contributed by atoms with Crippen LogP contribution in [0.3, 0.4) is 0 Å². The number of nitrogens with one attached hydrogen (secondary N) is 1. The first-order valence-electron chi connectivity index (χ1n) is 10.9. The molecule has 0 radical (unpaired) electrons. The SMILES string of the molecule is COc1ccc(C2Oc3ccc(Cl)cc3C3=C2C(c2ccc(OC)c(Br)c2)n2ncnc2N3)cc1. The molecule has 2 atom stereocenters. The molecule has 2 unspecified atom stereocenters. The second-order valence-corrected chi connectivity index (χ2v) is 9.48. The largest absolute Gasteiger partial charge is 0.497 e. The van der Waals surface area contributed by atoms with Crippen LogP contribution in [-0.4, -0.2) is 29.0 Å². The first-order chi connectivity index (χ1) is 17.1. The molecule has 0 saturated heterocycles. The molecule has 1 aromatic heterocycles. The molecule has 4 aromatic rings. The van der Waals surface area contributed by atoms with Crippen molar-refractivity contribution < 1.29 is 14.2 Å². The van der Waals surface area contributed by atoms with E-state index < -0.39 is 0 Å². The molecule has 7 nitrogen and oxygen atoms in total. The topological polar surface area (TPSA) is 70.4 Å². The van der Waals surface area contributed by atoms with Crippen molar-refractivity contribution >= 4 is 39.2 Å². The summed E-state index contributed by atoms with van der Waals surface area (Å²) in [5.74, 6) is 2.91. The average Bonchev–Trinajstić information content (AvgIpc) is 3.35. The Morgan fingerprint density at radius 2 is 1.80 bits per heavy atom. The standard InChI is InChI=1S/C26H20BrClN4O3/c1-33-17-7-3-14(4-8-17)25-22-23(18-12-16(28)6-10-20(18)35-25)31-26-29-13-30-32(26)24(22)15-5-9-21(34-2)19(27)11-15/h3-13,24-25H,1-2H3,(H,29,30,31). The number of anilines is 1. The van der Waals surface area contributed by atoms with Gasteiger partial charge in [0.15, 0.2) is 0 Å². The van der Waals surface area contributed by atoms with Crippen molar-refractivity contribution in [2.45, 2.75) is 12.1 Å². The molecule has 3 heterocycles. The van der Waals surface area contributed by atoms with Crippen molar-refractivity contribution in [1.29, 1.82) is 0 Å². The Morgan fingerprint density at radius 3 is 2.54 bits per heavy atom. The molecule has 176 valence electrons. The number of aromatic nitrogens is 3. The lowest BCUT2D eigenvalue weighted by atomic mass is 9.84. The first-order valence-corrected chi connectivity index (χ1v) is 12.1. The molecule has 0 fully saturated rings. The highest BCUT2D eigenvalue weighted by Gasteiger charge is 2.41. The van der Waals surface area contributed by atoms with Crippen molar-refractivity contribution in [2.75, 3.05) is 19.5 Å². The van der Waals surface area contributed by atoms with Crippen molar-refractivity contribution in [3.05, 3.63) is 98.7 Å². The monoisotopic (exact) mass is 550 g/mol. The lowest BCUT2D eigenvalue weighted by molar-refractivity contribution is 0.223. The lowest BCUT2D eigenvalue weighted by Gasteiger charge is -2.39. The van der Waals surface area contributed by atoms with E-state index in [-0.39, 0.29) is 12.1 Å². The Bertz CT molecular complexity index is 1470. The maximum absolute atomic E-state index is 6.64. The highest BCUT2D eigenvalue weighted by Crippen LogP contribution is 2.51. The molecule has 1 N–H and O–H groups in total. The molecule has 2 aliphatic heterocycles. The van der Waals surface area contributed by atoms with Crippen molar-refractivity contribution in [2.24, 2.45) is 0 Å². The van der Waals surface area contributed by atoms with Gasteiger partial charge < -0.3 is 19.5 Å². The van der Waals surface area contributed by atoms with Gasteiger partial charge >= 0.3 is 0 Å². The zero-order valence-corrected chi connectivity index (χ0v) is 21.2. The third kappa shape index (κ3) is 3.64. The minimum atomic E-state index is -0.389. The molecule has 6 rings (SSSR count). The maximum atomic E-state index is 6.64. The predicted octanol–water partition coefficient (Wildman–Crippen LogP) is 6.27. The molecule has 35 heavy (non-hydrogen) atoms. The second kappa shape index (κ2) is 8.62. The van der Waals surface area contributed by atoms with Crippen LogP contribution in [0, 0.1) is 0 Å². The molecule has 0 aliphatic carbocycles. The van der Waals surface area contributed by atoms with Gasteiger partial charge in [0.2, 0.25) is 5.95 Å². The van der Waals surface area contributed by atoms with Crippen molar-refractivity contribution in [3.63, 3.8) is 0 Å². The van der Waals surface area contributed by atoms with Gasteiger partial charge in [0, 0.05) is 16.2 Å².